The molecule has 1 atom stereocenters. The number of hydrogen-bond acceptors (Lipinski definition) is 7. The van der Waals surface area contributed by atoms with Gasteiger partial charge in [-0.2, -0.15) is 5.10 Å². The molecule has 3 aliphatic rings. The molecule has 3 heterocycles. The van der Waals surface area contributed by atoms with Crippen molar-refractivity contribution in [2.75, 3.05) is 51.3 Å². The molecule has 2 aromatic carbocycles. The summed E-state index contributed by atoms with van der Waals surface area (Å²) in [7, 11) is 1.68. The molecule has 0 spiro atoms. The minimum atomic E-state index is -0.973. The largest absolute Gasteiger partial charge is 0.496 e. The molecule has 2 amide bonds. The lowest BCUT2D eigenvalue weighted by molar-refractivity contribution is -0.146. The normalized spacial score (nSPS) is 19.0. The summed E-state index contributed by atoms with van der Waals surface area (Å²) in [6.07, 6.45) is 7.55. The van der Waals surface area contributed by atoms with Crippen molar-refractivity contribution in [3.63, 3.8) is 0 Å². The Morgan fingerprint density at radius 3 is 2.59 bits per heavy atom. The number of carbonyl (C=O) groups is 2. The van der Waals surface area contributed by atoms with E-state index in [1.807, 2.05) is 49.2 Å². The van der Waals surface area contributed by atoms with E-state index in [4.69, 9.17) is 9.47 Å². The number of aromatic nitrogens is 2. The summed E-state index contributed by atoms with van der Waals surface area (Å²) in [4.78, 5) is 33.5. The number of benzene rings is 2. The molecule has 2 N–H and O–H groups in total. The van der Waals surface area contributed by atoms with E-state index >= 15 is 0 Å². The lowest BCUT2D eigenvalue weighted by Crippen LogP contribution is -2.54. The minimum absolute atomic E-state index is 0.000882. The van der Waals surface area contributed by atoms with E-state index in [-0.39, 0.29) is 23.8 Å². The van der Waals surface area contributed by atoms with Crippen LogP contribution in [-0.4, -0.2) is 89.8 Å². The van der Waals surface area contributed by atoms with Gasteiger partial charge in [0.05, 0.1) is 19.2 Å². The molecule has 3 aromatic rings. The molecule has 10 nitrogen and oxygen atoms in total. The predicted octanol–water partition coefficient (Wildman–Crippen LogP) is 4.08. The Hall–Kier alpha value is -4.05. The first kappa shape index (κ1) is 30.0. The highest BCUT2D eigenvalue weighted by Gasteiger charge is 2.38. The average molecular weight is 601 g/mol. The van der Waals surface area contributed by atoms with Gasteiger partial charge in [0.1, 0.15) is 11.5 Å². The summed E-state index contributed by atoms with van der Waals surface area (Å²) in [5.41, 5.74) is 3.07. The number of aromatic amines is 1. The van der Waals surface area contributed by atoms with Gasteiger partial charge in [-0.25, -0.2) is 0 Å². The summed E-state index contributed by atoms with van der Waals surface area (Å²) < 4.78 is 12.1. The molecule has 234 valence electrons. The van der Waals surface area contributed by atoms with Gasteiger partial charge >= 0.3 is 0 Å². The number of hydrogen-bond donors (Lipinski definition) is 2. The van der Waals surface area contributed by atoms with E-state index in [9.17, 15) is 9.59 Å². The molecule has 44 heavy (non-hydrogen) atoms. The van der Waals surface area contributed by atoms with Gasteiger partial charge in [-0.05, 0) is 63.3 Å². The predicted molar refractivity (Wildman–Crippen MR) is 170 cm³/mol. The number of anilines is 1. The molecular weight excluding hydrogens is 556 g/mol. The molecule has 1 saturated carbocycles. The van der Waals surface area contributed by atoms with E-state index in [2.05, 4.69) is 43.5 Å². The van der Waals surface area contributed by atoms with Gasteiger partial charge in [-0.1, -0.05) is 18.2 Å². The van der Waals surface area contributed by atoms with Gasteiger partial charge in [0.2, 0.25) is 5.91 Å². The molecule has 0 bridgehead atoms. The van der Waals surface area contributed by atoms with E-state index in [0.29, 0.717) is 31.9 Å². The zero-order valence-corrected chi connectivity index (χ0v) is 26.1. The van der Waals surface area contributed by atoms with Crippen LogP contribution in [0.1, 0.15) is 45.1 Å². The summed E-state index contributed by atoms with van der Waals surface area (Å²) in [5.74, 6) is 1.57. The Morgan fingerprint density at radius 2 is 1.86 bits per heavy atom. The zero-order valence-electron chi connectivity index (χ0n) is 26.1. The second-order valence-corrected chi connectivity index (χ2v) is 12.6. The monoisotopic (exact) mass is 600 g/mol. The number of rotatable bonds is 10. The Balaban J connectivity index is 1.13. The quantitative estimate of drug-likeness (QED) is 0.362. The summed E-state index contributed by atoms with van der Waals surface area (Å²) in [6, 6.07) is 14.4. The topological polar surface area (TPSA) is 103 Å². The first-order chi connectivity index (χ1) is 21.3. The first-order valence-corrected chi connectivity index (χ1v) is 15.8. The van der Waals surface area contributed by atoms with E-state index in [0.717, 1.165) is 73.4 Å². The van der Waals surface area contributed by atoms with Gasteiger partial charge in [0.25, 0.3) is 5.91 Å². The van der Waals surface area contributed by atoms with E-state index in [1.165, 1.54) is 0 Å². The highest BCUT2D eigenvalue weighted by Crippen LogP contribution is 2.35. The Bertz CT molecular complexity index is 1450. The smallest absolute Gasteiger partial charge is 0.266 e. The highest BCUT2D eigenvalue weighted by molar-refractivity contribution is 5.85. The molecule has 1 aromatic heterocycles. The van der Waals surface area contributed by atoms with Crippen LogP contribution in [-0.2, 0) is 16.1 Å². The number of methoxy groups -OCH3 is 1. The lowest BCUT2D eigenvalue weighted by atomic mass is 9.95. The number of carbonyl (C=O) groups excluding carboxylic acids is 2. The lowest BCUT2D eigenvalue weighted by Gasteiger charge is -2.37. The van der Waals surface area contributed by atoms with Crippen LogP contribution in [0.2, 0.25) is 0 Å². The zero-order chi connectivity index (χ0) is 30.7. The fourth-order valence-corrected chi connectivity index (χ4v) is 6.40. The van der Waals surface area contributed by atoms with E-state index < -0.39 is 5.60 Å². The Labute approximate surface area is 259 Å². The van der Waals surface area contributed by atoms with Crippen LogP contribution in [0.15, 0.2) is 54.9 Å². The second-order valence-electron chi connectivity index (χ2n) is 12.6. The standard InChI is InChI=1S/C34H44N6O4/c1-34(2,33(42)38-16-13-35-14-17-38)44-30-8-4-7-29(19-30)39-15-5-6-26(22-39)32(41)40(28-11-12-28)23-25-10-9-24(18-31(25)43-3)27-20-36-37-21-27/h4,7-10,18-21,26,28,35H,5-6,11-17,22-23H2,1-3H3,(H,36,37)/t26-/m1/s1. The summed E-state index contributed by atoms with van der Waals surface area (Å²) >= 11 is 0. The maximum atomic E-state index is 14.1. The third-order valence-corrected chi connectivity index (χ3v) is 8.98. The van der Waals surface area contributed by atoms with Crippen molar-refractivity contribution in [3.8, 4) is 22.6 Å². The third-order valence-electron chi connectivity index (χ3n) is 8.98. The fraction of sp³-hybridized carbons (Fsp3) is 0.500. The van der Waals surface area contributed by atoms with Crippen LogP contribution < -0.4 is 19.7 Å². The minimum Gasteiger partial charge on any atom is -0.496 e. The van der Waals surface area contributed by atoms with Gasteiger partial charge in [-0.15, -0.1) is 0 Å². The summed E-state index contributed by atoms with van der Waals surface area (Å²) in [5, 5.41) is 10.2. The third kappa shape index (κ3) is 6.70. The fourth-order valence-electron chi connectivity index (χ4n) is 6.40. The van der Waals surface area contributed by atoms with Crippen molar-refractivity contribution in [2.24, 2.45) is 5.92 Å². The van der Waals surface area contributed by atoms with Crippen LogP contribution in [0.5, 0.6) is 11.5 Å². The number of piperazine rings is 1. The van der Waals surface area contributed by atoms with Crippen LogP contribution in [0.4, 0.5) is 5.69 Å². The van der Waals surface area contributed by atoms with Crippen molar-refractivity contribution in [2.45, 2.75) is 57.7 Å². The molecule has 10 heteroatoms. The number of H-pyrrole nitrogens is 1. The van der Waals surface area contributed by atoms with Crippen LogP contribution in [0.25, 0.3) is 11.1 Å². The molecule has 6 rings (SSSR count). The van der Waals surface area contributed by atoms with Crippen LogP contribution in [0, 0.1) is 5.92 Å². The van der Waals surface area contributed by atoms with Crippen molar-refractivity contribution < 1.29 is 19.1 Å². The molecule has 2 saturated heterocycles. The molecule has 1 aliphatic carbocycles. The van der Waals surface area contributed by atoms with E-state index in [1.54, 1.807) is 13.3 Å². The molecule has 3 fully saturated rings. The maximum absolute atomic E-state index is 14.1. The SMILES string of the molecule is COc1cc(-c2cn[nH]c2)ccc1CN(C(=O)[C@@H]1CCCN(c2cccc(OC(C)(C)C(=O)N3CCNCC3)c2)C1)C1CC1. The van der Waals surface area contributed by atoms with Crippen molar-refractivity contribution >= 4 is 17.5 Å². The van der Waals surface area contributed by atoms with Gasteiger partial charge in [-0.3, -0.25) is 14.7 Å². The van der Waals surface area contributed by atoms with Crippen LogP contribution in [0.3, 0.4) is 0 Å². The maximum Gasteiger partial charge on any atom is 0.266 e. The van der Waals surface area contributed by atoms with Gasteiger partial charge in [0, 0.05) is 80.9 Å². The number of ether oxygens (including phenoxy) is 2. The van der Waals surface area contributed by atoms with Crippen LogP contribution >= 0.6 is 0 Å². The number of nitrogens with zero attached hydrogens (tertiary/aromatic N) is 4. The molecular formula is C34H44N6O4. The highest BCUT2D eigenvalue weighted by atomic mass is 16.5. The van der Waals surface area contributed by atoms with Gasteiger partial charge < -0.3 is 29.5 Å². The Kier molecular flexibility index (Phi) is 8.79. The summed E-state index contributed by atoms with van der Waals surface area (Å²) in [6.45, 7) is 8.74. The molecule has 0 radical (unpaired) electrons. The second kappa shape index (κ2) is 12.9. The molecule has 0 unspecified atom stereocenters. The number of nitrogens with one attached hydrogen (secondary N) is 2. The first-order valence-electron chi connectivity index (χ1n) is 15.8. The van der Waals surface area contributed by atoms with Gasteiger partial charge in [0.15, 0.2) is 5.60 Å². The van der Waals surface area contributed by atoms with Crippen molar-refractivity contribution in [3.05, 3.63) is 60.4 Å². The van der Waals surface area contributed by atoms with Crippen molar-refractivity contribution in [1.29, 1.82) is 0 Å². The average Bonchev–Trinajstić information content (AvgIpc) is 3.75. The Morgan fingerprint density at radius 1 is 1.05 bits per heavy atom. The molecule has 2 aliphatic heterocycles. The number of amides is 2. The van der Waals surface area contributed by atoms with Crippen molar-refractivity contribution in [1.82, 2.24) is 25.3 Å². The number of piperidine rings is 1.